The van der Waals surface area contributed by atoms with Gasteiger partial charge in [-0.25, -0.2) is 9.18 Å². The number of hydrogen-bond acceptors (Lipinski definition) is 3. The zero-order chi connectivity index (χ0) is 18.0. The predicted molar refractivity (Wildman–Crippen MR) is 92.9 cm³/mol. The fraction of sp³-hybridized carbons (Fsp3) is 0.294. The van der Waals surface area contributed by atoms with Crippen LogP contribution in [0.1, 0.15) is 39.0 Å². The number of nitrogens with one attached hydrogen (secondary N) is 1. The topological polar surface area (TPSA) is 60.3 Å². The third kappa shape index (κ3) is 3.36. The van der Waals surface area contributed by atoms with Gasteiger partial charge in [-0.05, 0) is 60.5 Å². The Kier molecular flexibility index (Phi) is 5.43. The van der Waals surface area contributed by atoms with Crippen molar-refractivity contribution in [3.63, 3.8) is 0 Å². The van der Waals surface area contributed by atoms with Crippen LogP contribution in [0.3, 0.4) is 0 Å². The van der Waals surface area contributed by atoms with Crippen molar-refractivity contribution in [2.24, 2.45) is 7.05 Å². The highest BCUT2D eigenvalue weighted by Crippen LogP contribution is 2.29. The summed E-state index contributed by atoms with van der Waals surface area (Å²) in [5.41, 5.74) is 2.13. The number of esters is 1. The molecule has 2 aromatic rings. The first-order chi connectivity index (χ1) is 11.3. The summed E-state index contributed by atoms with van der Waals surface area (Å²) in [6, 6.07) is 4.32. The van der Waals surface area contributed by atoms with Crippen molar-refractivity contribution >= 4 is 33.5 Å². The van der Waals surface area contributed by atoms with E-state index in [1.54, 1.807) is 38.5 Å². The van der Waals surface area contributed by atoms with Crippen molar-refractivity contribution in [1.82, 2.24) is 4.57 Å². The zero-order valence-corrected chi connectivity index (χ0v) is 15.5. The maximum absolute atomic E-state index is 13.3. The maximum Gasteiger partial charge on any atom is 0.341 e. The number of hydrogen-bond donors (Lipinski definition) is 1. The van der Waals surface area contributed by atoms with Crippen LogP contribution >= 0.6 is 15.9 Å². The van der Waals surface area contributed by atoms with Crippen molar-refractivity contribution in [2.75, 3.05) is 11.9 Å². The molecule has 0 saturated heterocycles. The van der Waals surface area contributed by atoms with Crippen molar-refractivity contribution in [3.05, 3.63) is 51.0 Å². The molecule has 0 unspecified atom stereocenters. The van der Waals surface area contributed by atoms with Gasteiger partial charge in [-0.15, -0.1) is 0 Å². The second-order valence-electron chi connectivity index (χ2n) is 5.32. The molecule has 2 rings (SSSR count). The number of carbonyl (C=O) groups is 2. The molecule has 1 N–H and O–H groups in total. The second kappa shape index (κ2) is 7.17. The molecule has 0 spiro atoms. The minimum absolute atomic E-state index is 0.246. The smallest absolute Gasteiger partial charge is 0.341 e. The number of aryl methyl sites for hydroxylation is 1. The minimum Gasteiger partial charge on any atom is -0.462 e. The van der Waals surface area contributed by atoms with Crippen molar-refractivity contribution in [1.29, 1.82) is 0 Å². The van der Waals surface area contributed by atoms with Gasteiger partial charge in [0.25, 0.3) is 5.91 Å². The number of rotatable bonds is 4. The number of aromatic nitrogens is 1. The summed E-state index contributed by atoms with van der Waals surface area (Å²) >= 11 is 3.32. The first-order valence-corrected chi connectivity index (χ1v) is 8.16. The van der Waals surface area contributed by atoms with E-state index in [9.17, 15) is 14.0 Å². The van der Waals surface area contributed by atoms with Gasteiger partial charge in [0.05, 0.1) is 16.6 Å². The molecule has 0 aliphatic rings. The number of anilines is 1. The number of benzene rings is 1. The Morgan fingerprint density at radius 2 is 2.00 bits per heavy atom. The fourth-order valence-electron chi connectivity index (χ4n) is 2.37. The second-order valence-corrected chi connectivity index (χ2v) is 6.11. The molecule has 128 valence electrons. The van der Waals surface area contributed by atoms with E-state index in [0.717, 1.165) is 0 Å². The number of nitrogens with zero attached hydrogens (tertiary/aromatic N) is 1. The Labute approximate surface area is 147 Å². The van der Waals surface area contributed by atoms with Gasteiger partial charge < -0.3 is 14.6 Å². The minimum atomic E-state index is -0.492. The van der Waals surface area contributed by atoms with Gasteiger partial charge in [-0.3, -0.25) is 4.79 Å². The summed E-state index contributed by atoms with van der Waals surface area (Å²) in [5, 5.41) is 2.71. The third-order valence-corrected chi connectivity index (χ3v) is 4.51. The van der Waals surface area contributed by atoms with Crippen LogP contribution in [0.25, 0.3) is 0 Å². The van der Waals surface area contributed by atoms with Gasteiger partial charge in [-0.1, -0.05) is 0 Å². The van der Waals surface area contributed by atoms with Crippen LogP contribution in [0.4, 0.5) is 10.1 Å². The average Bonchev–Trinajstić information content (AvgIpc) is 2.73. The van der Waals surface area contributed by atoms with E-state index in [1.165, 1.54) is 12.1 Å². The van der Waals surface area contributed by atoms with Gasteiger partial charge in [0, 0.05) is 18.4 Å². The molecular formula is C17H18BrFN2O3. The van der Waals surface area contributed by atoms with Gasteiger partial charge in [0.1, 0.15) is 11.5 Å². The summed E-state index contributed by atoms with van der Waals surface area (Å²) in [5.74, 6) is -1.24. The monoisotopic (exact) mass is 396 g/mol. The van der Waals surface area contributed by atoms with Gasteiger partial charge in [0.15, 0.2) is 0 Å². The molecule has 24 heavy (non-hydrogen) atoms. The molecule has 0 aliphatic carbocycles. The molecule has 0 fully saturated rings. The van der Waals surface area contributed by atoms with Crippen molar-refractivity contribution in [3.8, 4) is 0 Å². The normalized spacial score (nSPS) is 10.6. The van der Waals surface area contributed by atoms with E-state index in [0.29, 0.717) is 27.0 Å². The fourth-order valence-corrected chi connectivity index (χ4v) is 3.26. The first kappa shape index (κ1) is 18.2. The largest absolute Gasteiger partial charge is 0.462 e. The Hall–Kier alpha value is -2.15. The highest BCUT2D eigenvalue weighted by molar-refractivity contribution is 9.10. The standard InChI is InChI=1S/C17H18BrFN2O3/c1-5-24-17(23)13-10(3)21(4)15(14(13)18)16(22)20-11-6-7-12(19)9(2)8-11/h6-8H,5H2,1-4H3,(H,20,22). The van der Waals surface area contributed by atoms with Gasteiger partial charge >= 0.3 is 5.97 Å². The van der Waals surface area contributed by atoms with Crippen LogP contribution < -0.4 is 5.32 Å². The lowest BCUT2D eigenvalue weighted by molar-refractivity contribution is 0.0524. The van der Waals surface area contributed by atoms with E-state index >= 15 is 0 Å². The van der Waals surface area contributed by atoms with Crippen LogP contribution in [-0.4, -0.2) is 23.1 Å². The van der Waals surface area contributed by atoms with E-state index in [-0.39, 0.29) is 18.1 Å². The molecule has 0 atom stereocenters. The van der Waals surface area contributed by atoms with Crippen LogP contribution in [0.15, 0.2) is 22.7 Å². The van der Waals surface area contributed by atoms with Gasteiger partial charge in [0.2, 0.25) is 0 Å². The van der Waals surface area contributed by atoms with Crippen LogP contribution in [-0.2, 0) is 11.8 Å². The molecule has 0 aliphatic heterocycles. The number of carbonyl (C=O) groups excluding carboxylic acids is 2. The lowest BCUT2D eigenvalue weighted by Crippen LogP contribution is -2.16. The summed E-state index contributed by atoms with van der Waals surface area (Å²) < 4.78 is 20.3. The van der Waals surface area contributed by atoms with E-state index < -0.39 is 11.9 Å². The molecule has 7 heteroatoms. The number of amides is 1. The molecule has 5 nitrogen and oxygen atoms in total. The van der Waals surface area contributed by atoms with E-state index in [1.807, 2.05) is 0 Å². The lowest BCUT2D eigenvalue weighted by Gasteiger charge is -2.08. The quantitative estimate of drug-likeness (QED) is 0.795. The molecule has 1 aromatic carbocycles. The summed E-state index contributed by atoms with van der Waals surface area (Å²) in [4.78, 5) is 24.7. The van der Waals surface area contributed by atoms with E-state index in [4.69, 9.17) is 4.74 Å². The molecule has 0 bridgehead atoms. The molecule has 0 radical (unpaired) electrons. The SMILES string of the molecule is CCOC(=O)c1c(Br)c(C(=O)Nc2ccc(F)c(C)c2)n(C)c1C. The summed E-state index contributed by atoms with van der Waals surface area (Å²) in [7, 11) is 1.69. The highest BCUT2D eigenvalue weighted by Gasteiger charge is 2.27. The van der Waals surface area contributed by atoms with Crippen LogP contribution in [0, 0.1) is 19.7 Å². The molecule has 1 heterocycles. The Morgan fingerprint density at radius 1 is 1.33 bits per heavy atom. The highest BCUT2D eigenvalue weighted by atomic mass is 79.9. The average molecular weight is 397 g/mol. The van der Waals surface area contributed by atoms with Crippen LogP contribution in [0.5, 0.6) is 0 Å². The van der Waals surface area contributed by atoms with Gasteiger partial charge in [-0.2, -0.15) is 0 Å². The lowest BCUT2D eigenvalue weighted by atomic mass is 10.2. The number of halogens is 2. The Bertz CT molecular complexity index is 815. The van der Waals surface area contributed by atoms with Crippen molar-refractivity contribution in [2.45, 2.75) is 20.8 Å². The number of ether oxygens (including phenoxy) is 1. The summed E-state index contributed by atoms with van der Waals surface area (Å²) in [6.07, 6.45) is 0. The third-order valence-electron chi connectivity index (χ3n) is 3.74. The molecule has 1 amide bonds. The zero-order valence-electron chi connectivity index (χ0n) is 13.9. The van der Waals surface area contributed by atoms with Crippen LogP contribution in [0.2, 0.25) is 0 Å². The van der Waals surface area contributed by atoms with E-state index in [2.05, 4.69) is 21.2 Å². The predicted octanol–water partition coefficient (Wildman–Crippen LogP) is 3.97. The Morgan fingerprint density at radius 3 is 2.58 bits per heavy atom. The van der Waals surface area contributed by atoms with Crippen molar-refractivity contribution < 1.29 is 18.7 Å². The molecule has 0 saturated carbocycles. The summed E-state index contributed by atoms with van der Waals surface area (Å²) in [6.45, 7) is 5.31. The molecular weight excluding hydrogens is 379 g/mol. The molecule has 1 aromatic heterocycles. The first-order valence-electron chi connectivity index (χ1n) is 7.37. The maximum atomic E-state index is 13.3. The Balaban J connectivity index is 2.37.